The molecule has 0 saturated carbocycles. The zero-order valence-electron chi connectivity index (χ0n) is 22.9. The maximum absolute atomic E-state index is 13.1. The van der Waals surface area contributed by atoms with Crippen molar-refractivity contribution in [3.8, 4) is 11.5 Å². The third-order valence-electron chi connectivity index (χ3n) is 6.60. The second-order valence-corrected chi connectivity index (χ2v) is 12.5. The van der Waals surface area contributed by atoms with Crippen molar-refractivity contribution >= 4 is 69.3 Å². The van der Waals surface area contributed by atoms with Gasteiger partial charge < -0.3 is 31.2 Å². The van der Waals surface area contributed by atoms with Crippen molar-refractivity contribution < 1.29 is 43.9 Å². The van der Waals surface area contributed by atoms with Gasteiger partial charge >= 0.3 is 5.97 Å². The molecule has 2 atom stereocenters. The minimum absolute atomic E-state index is 0.00687. The summed E-state index contributed by atoms with van der Waals surface area (Å²) in [5.41, 5.74) is 6.39. The number of nitrogens with zero attached hydrogens (tertiary/aromatic N) is 4. The van der Waals surface area contributed by atoms with Crippen molar-refractivity contribution in [2.45, 2.75) is 22.9 Å². The van der Waals surface area contributed by atoms with Crippen molar-refractivity contribution in [3.63, 3.8) is 0 Å². The molecule has 6 N–H and O–H groups in total. The monoisotopic (exact) mass is 657 g/mol. The van der Waals surface area contributed by atoms with E-state index in [2.05, 4.69) is 15.5 Å². The van der Waals surface area contributed by atoms with Crippen molar-refractivity contribution in [2.75, 3.05) is 24.3 Å². The molecule has 0 radical (unpaired) electrons. The molecule has 0 bridgehead atoms. The first-order valence-electron chi connectivity index (χ1n) is 12.8. The Balaban J connectivity index is 1.22. The predicted molar refractivity (Wildman–Crippen MR) is 161 cm³/mol. The molecule has 5 rings (SSSR count). The number of carbonyl (C=O) groups excluding carboxylic acids is 3. The van der Waals surface area contributed by atoms with Crippen LogP contribution < -0.4 is 15.6 Å². The number of aliphatic carboxylic acids is 1. The number of carboxylic acids is 1. The fourth-order valence-corrected chi connectivity index (χ4v) is 7.38. The first-order valence-corrected chi connectivity index (χ1v) is 15.7. The summed E-state index contributed by atoms with van der Waals surface area (Å²) in [6.07, 6.45) is 3.40. The predicted octanol–water partition coefficient (Wildman–Crippen LogP) is 1.19. The number of nitrogen functional groups attached to an aromatic ring is 1. The SMILES string of the molecule is CO/N=C(\C(=O)N[C@@H]1C(=O)N2C(C(=O)O)=C(CSc3cc[n+](CC(=O)c4ccc(O)c(O)c4)cc3)CS[C@H]12)c1csc(N)n1. The highest BCUT2D eigenvalue weighted by Crippen LogP contribution is 2.41. The largest absolute Gasteiger partial charge is 0.504 e. The number of carboxylic acid groups (broad SMARTS) is 1. The van der Waals surface area contributed by atoms with Crippen LogP contribution in [0.2, 0.25) is 0 Å². The summed E-state index contributed by atoms with van der Waals surface area (Å²) < 4.78 is 1.65. The number of thioether (sulfide) groups is 2. The summed E-state index contributed by atoms with van der Waals surface area (Å²) in [4.78, 5) is 61.6. The third kappa shape index (κ3) is 6.34. The number of oxime groups is 1. The minimum Gasteiger partial charge on any atom is -0.504 e. The smallest absolute Gasteiger partial charge is 0.352 e. The lowest BCUT2D eigenvalue weighted by Gasteiger charge is -2.49. The molecule has 0 unspecified atom stereocenters. The van der Waals surface area contributed by atoms with Crippen molar-refractivity contribution in [1.29, 1.82) is 0 Å². The van der Waals surface area contributed by atoms with E-state index in [4.69, 9.17) is 10.6 Å². The number of aromatic nitrogens is 2. The number of fused-ring (bicyclic) bond motifs is 1. The molecule has 2 amide bonds. The lowest BCUT2D eigenvalue weighted by atomic mass is 10.0. The molecule has 0 aliphatic carbocycles. The van der Waals surface area contributed by atoms with Gasteiger partial charge in [0, 0.05) is 39.5 Å². The lowest BCUT2D eigenvalue weighted by Crippen LogP contribution is -2.71. The lowest BCUT2D eigenvalue weighted by molar-refractivity contribution is -0.683. The van der Waals surface area contributed by atoms with Gasteiger partial charge in [-0.2, -0.15) is 4.57 Å². The Labute approximate surface area is 262 Å². The number of phenolic OH excluding ortho intramolecular Hbond substituents is 2. The van der Waals surface area contributed by atoms with E-state index >= 15 is 0 Å². The number of nitrogens with two attached hydrogens (primary N) is 1. The van der Waals surface area contributed by atoms with Crippen LogP contribution in [0.15, 0.2) is 69.4 Å². The third-order valence-corrected chi connectivity index (χ3v) is 9.71. The van der Waals surface area contributed by atoms with Crippen LogP contribution in [0, 0.1) is 0 Å². The van der Waals surface area contributed by atoms with Gasteiger partial charge in [0.15, 0.2) is 34.7 Å². The normalized spacial score (nSPS) is 18.0. The van der Waals surface area contributed by atoms with Crippen LogP contribution in [0.25, 0.3) is 0 Å². The van der Waals surface area contributed by atoms with E-state index in [9.17, 15) is 34.5 Å². The summed E-state index contributed by atoms with van der Waals surface area (Å²) in [6, 6.07) is 6.47. The first-order chi connectivity index (χ1) is 21.1. The van der Waals surface area contributed by atoms with Crippen LogP contribution in [-0.4, -0.2) is 84.5 Å². The summed E-state index contributed by atoms with van der Waals surface area (Å²) in [6.45, 7) is 0.00687. The van der Waals surface area contributed by atoms with E-state index in [1.54, 1.807) is 29.1 Å². The number of benzene rings is 1. The van der Waals surface area contributed by atoms with E-state index in [-0.39, 0.29) is 51.6 Å². The Hall–Kier alpha value is -4.61. The van der Waals surface area contributed by atoms with E-state index in [1.165, 1.54) is 59.1 Å². The van der Waals surface area contributed by atoms with Crippen LogP contribution >= 0.6 is 34.9 Å². The Morgan fingerprint density at radius 3 is 2.61 bits per heavy atom. The van der Waals surface area contributed by atoms with Gasteiger partial charge in [0.2, 0.25) is 12.3 Å². The number of nitrogens with one attached hydrogen (secondary N) is 1. The molecule has 1 saturated heterocycles. The number of amides is 2. The van der Waals surface area contributed by atoms with Crippen molar-refractivity contribution in [3.05, 3.63) is 70.6 Å². The fourth-order valence-electron chi connectivity index (χ4n) is 4.47. The van der Waals surface area contributed by atoms with E-state index < -0.39 is 29.2 Å². The van der Waals surface area contributed by atoms with Gasteiger partial charge in [-0.3, -0.25) is 19.3 Å². The maximum atomic E-state index is 13.1. The highest BCUT2D eigenvalue weighted by Gasteiger charge is 2.54. The van der Waals surface area contributed by atoms with Crippen LogP contribution in [0.4, 0.5) is 5.13 Å². The second kappa shape index (κ2) is 12.9. The number of Topliss-reactive ketones (excluding diaryl/α,β-unsaturated/α-hetero) is 1. The number of pyridine rings is 1. The number of ketones is 1. The molecule has 2 aliphatic heterocycles. The molecule has 1 fully saturated rings. The first kappa shape index (κ1) is 30.8. The highest BCUT2D eigenvalue weighted by molar-refractivity contribution is 8.01. The molecule has 228 valence electrons. The van der Waals surface area contributed by atoms with E-state index in [0.717, 1.165) is 16.2 Å². The van der Waals surface area contributed by atoms with Crippen LogP contribution in [0.5, 0.6) is 11.5 Å². The van der Waals surface area contributed by atoms with Gasteiger partial charge in [-0.05, 0) is 23.8 Å². The number of rotatable bonds is 11. The minimum atomic E-state index is -1.24. The number of hydrogen-bond donors (Lipinski definition) is 5. The van der Waals surface area contributed by atoms with Gasteiger partial charge in [0.1, 0.15) is 29.9 Å². The van der Waals surface area contributed by atoms with Gasteiger partial charge in [-0.15, -0.1) is 34.9 Å². The Bertz CT molecular complexity index is 1710. The summed E-state index contributed by atoms with van der Waals surface area (Å²) in [5.74, 6) is -2.83. The van der Waals surface area contributed by atoms with Crippen LogP contribution in [0.1, 0.15) is 16.1 Å². The van der Waals surface area contributed by atoms with Crippen LogP contribution in [0.3, 0.4) is 0 Å². The van der Waals surface area contributed by atoms with Gasteiger partial charge in [0.25, 0.3) is 11.8 Å². The quantitative estimate of drug-likeness (QED) is 0.0375. The zero-order valence-corrected chi connectivity index (χ0v) is 25.3. The Kier molecular flexibility index (Phi) is 9.07. The summed E-state index contributed by atoms with van der Waals surface area (Å²) in [5, 5.41) is 36.6. The van der Waals surface area contributed by atoms with Crippen LogP contribution in [-0.2, 0) is 25.8 Å². The average Bonchev–Trinajstić information content (AvgIpc) is 3.44. The Morgan fingerprint density at radius 1 is 1.23 bits per heavy atom. The molecule has 4 heterocycles. The number of thiazole rings is 1. The van der Waals surface area contributed by atoms with E-state index in [0.29, 0.717) is 17.1 Å². The molecule has 0 spiro atoms. The zero-order chi connectivity index (χ0) is 31.5. The maximum Gasteiger partial charge on any atom is 0.352 e. The standard InChI is InChI=1S/C27H24N6O8S3/c1-41-31-20(16-12-44-27(28)29-16)23(37)30-21-24(38)33-22(26(39)40)14(11-43-25(21)33)10-42-15-4-6-32(7-5-15)9-19(36)13-2-3-17(34)18(35)8-13/h2-8,12,21,25H,9-11H2,1H3,(H5-,28,29,30,31,34,35,36,37,39,40)/p+1/t21-,25-/m1/s1. The van der Waals surface area contributed by atoms with Crippen molar-refractivity contribution in [2.24, 2.45) is 5.16 Å². The molecule has 2 aromatic heterocycles. The van der Waals surface area contributed by atoms with E-state index in [1.807, 2.05) is 0 Å². The molecular weight excluding hydrogens is 633 g/mol. The topological polar surface area (TPSA) is 209 Å². The number of aromatic hydroxyl groups is 2. The molecule has 17 heteroatoms. The number of hydrogen-bond acceptors (Lipinski definition) is 13. The Morgan fingerprint density at radius 2 is 1.98 bits per heavy atom. The van der Waals surface area contributed by atoms with Gasteiger partial charge in [-0.1, -0.05) is 5.16 Å². The summed E-state index contributed by atoms with van der Waals surface area (Å²) >= 11 is 3.83. The average molecular weight is 658 g/mol. The van der Waals surface area contributed by atoms with Gasteiger partial charge in [0.05, 0.1) is 0 Å². The number of phenols is 2. The molecule has 3 aromatic rings. The number of β-lactam (4-membered cyclic amide) rings is 1. The fraction of sp³-hybridized carbons (Fsp3) is 0.222. The summed E-state index contributed by atoms with van der Waals surface area (Å²) in [7, 11) is 1.26. The molecule has 1 aromatic carbocycles. The highest BCUT2D eigenvalue weighted by atomic mass is 32.2. The number of anilines is 1. The van der Waals surface area contributed by atoms with Gasteiger partial charge in [-0.25, -0.2) is 9.78 Å². The molecule has 44 heavy (non-hydrogen) atoms. The van der Waals surface area contributed by atoms with Crippen molar-refractivity contribution in [1.82, 2.24) is 15.2 Å². The molecule has 14 nitrogen and oxygen atoms in total. The molecular formula is C27H25N6O8S3+. The number of carbonyl (C=O) groups is 4. The molecule has 2 aliphatic rings. The second-order valence-electron chi connectivity index (χ2n) is 9.43.